The van der Waals surface area contributed by atoms with Crippen molar-refractivity contribution in [3.05, 3.63) is 71.6 Å². The van der Waals surface area contributed by atoms with Gasteiger partial charge in [0.05, 0.1) is 17.9 Å². The molecule has 0 radical (unpaired) electrons. The summed E-state index contributed by atoms with van der Waals surface area (Å²) in [4.78, 5) is 37.6. The van der Waals surface area contributed by atoms with Crippen LogP contribution in [0.2, 0.25) is 0 Å². The molecule has 0 saturated heterocycles. The van der Waals surface area contributed by atoms with E-state index < -0.39 is 6.04 Å². The van der Waals surface area contributed by atoms with E-state index >= 15 is 0 Å². The Morgan fingerprint density at radius 2 is 2.00 bits per heavy atom. The first-order chi connectivity index (χ1) is 15.5. The van der Waals surface area contributed by atoms with Gasteiger partial charge in [0, 0.05) is 30.8 Å². The molecule has 2 amide bonds. The first-order valence-electron chi connectivity index (χ1n) is 10.2. The summed E-state index contributed by atoms with van der Waals surface area (Å²) in [6.07, 6.45) is 2.74. The molecule has 168 valence electrons. The number of hydrazine groups is 1. The molecule has 9 nitrogen and oxygen atoms in total. The van der Waals surface area contributed by atoms with Crippen LogP contribution in [0.1, 0.15) is 28.8 Å². The van der Waals surface area contributed by atoms with E-state index in [4.69, 9.17) is 16.3 Å². The minimum absolute atomic E-state index is 0.0647. The molecule has 1 unspecified atom stereocenters. The number of benzene rings is 2. The number of fused-ring (bicyclic) bond motifs is 1. The fraction of sp³-hybridized carbons (Fsp3) is 0.261. The number of aldehydes is 1. The van der Waals surface area contributed by atoms with Gasteiger partial charge in [-0.3, -0.25) is 14.6 Å². The van der Waals surface area contributed by atoms with Gasteiger partial charge in [0.1, 0.15) is 24.7 Å². The van der Waals surface area contributed by atoms with Crippen LogP contribution in [-0.2, 0) is 16.1 Å². The molecule has 0 aliphatic carbocycles. The number of amides is 2. The summed E-state index contributed by atoms with van der Waals surface area (Å²) >= 11 is 0. The van der Waals surface area contributed by atoms with Crippen molar-refractivity contribution in [3.63, 3.8) is 0 Å². The van der Waals surface area contributed by atoms with Gasteiger partial charge >= 0.3 is 0 Å². The summed E-state index contributed by atoms with van der Waals surface area (Å²) in [5.74, 6) is 5.93. The van der Waals surface area contributed by atoms with Crippen molar-refractivity contribution < 1.29 is 19.1 Å². The zero-order valence-electron chi connectivity index (χ0n) is 17.9. The molecule has 1 aliphatic heterocycles. The molecule has 0 fully saturated rings. The number of hydrogen-bond acceptors (Lipinski definition) is 7. The van der Waals surface area contributed by atoms with E-state index in [1.165, 1.54) is 17.0 Å². The third kappa shape index (κ3) is 5.06. The van der Waals surface area contributed by atoms with Gasteiger partial charge in [0.15, 0.2) is 0 Å². The summed E-state index contributed by atoms with van der Waals surface area (Å²) in [6.45, 7) is 0.271. The first kappa shape index (κ1) is 22.8. The average Bonchev–Trinajstić information content (AvgIpc) is 3.15. The van der Waals surface area contributed by atoms with Crippen LogP contribution in [0.5, 0.6) is 5.75 Å². The number of anilines is 1. The van der Waals surface area contributed by atoms with Crippen LogP contribution in [0.3, 0.4) is 0 Å². The summed E-state index contributed by atoms with van der Waals surface area (Å²) in [5, 5.41) is 3.97. The molecule has 2 aromatic rings. The number of nitrogens with zero attached hydrogens (tertiary/aromatic N) is 2. The summed E-state index contributed by atoms with van der Waals surface area (Å²) in [7, 11) is 1.50. The van der Waals surface area contributed by atoms with Crippen LogP contribution in [0, 0.1) is 0 Å². The van der Waals surface area contributed by atoms with Gasteiger partial charge in [-0.2, -0.15) is 0 Å². The Labute approximate surface area is 186 Å². The molecule has 32 heavy (non-hydrogen) atoms. The normalized spacial score (nSPS) is 14.0. The zero-order valence-corrected chi connectivity index (χ0v) is 17.9. The van der Waals surface area contributed by atoms with Gasteiger partial charge < -0.3 is 25.5 Å². The molecule has 1 atom stereocenters. The third-order valence-corrected chi connectivity index (χ3v) is 5.19. The Hall–Kier alpha value is -3.85. The summed E-state index contributed by atoms with van der Waals surface area (Å²) in [5.41, 5.74) is 8.38. The maximum Gasteiger partial charge on any atom is 0.255 e. The van der Waals surface area contributed by atoms with Gasteiger partial charge in [0.25, 0.3) is 5.91 Å². The Balaban J connectivity index is 1.73. The SMILES string of the molecule is CNC(=O)C(CCC=O)N1Cc2c(OC/C(N)=C/N(N)c3ccccc3)cccc2C1=O. The van der Waals surface area contributed by atoms with Crippen LogP contribution in [0.4, 0.5) is 5.69 Å². The van der Waals surface area contributed by atoms with Crippen LogP contribution in [0.15, 0.2) is 60.4 Å². The van der Waals surface area contributed by atoms with Gasteiger partial charge in [0.2, 0.25) is 5.91 Å². The lowest BCUT2D eigenvalue weighted by Gasteiger charge is -2.25. The largest absolute Gasteiger partial charge is 0.487 e. The van der Waals surface area contributed by atoms with E-state index in [1.54, 1.807) is 24.4 Å². The highest BCUT2D eigenvalue weighted by atomic mass is 16.5. The number of nitrogens with two attached hydrogens (primary N) is 2. The van der Waals surface area contributed by atoms with Crippen LogP contribution in [0.25, 0.3) is 0 Å². The number of rotatable bonds is 10. The predicted octanol–water partition coefficient (Wildman–Crippen LogP) is 1.30. The van der Waals surface area contributed by atoms with E-state index in [1.807, 2.05) is 30.3 Å². The van der Waals surface area contributed by atoms with Crippen LogP contribution >= 0.6 is 0 Å². The fourth-order valence-electron chi connectivity index (χ4n) is 3.59. The number of hydrogen-bond donors (Lipinski definition) is 3. The highest BCUT2D eigenvalue weighted by Crippen LogP contribution is 2.33. The second kappa shape index (κ2) is 10.5. The molecule has 0 saturated carbocycles. The van der Waals surface area contributed by atoms with Gasteiger partial charge in [-0.1, -0.05) is 24.3 Å². The number of carbonyl (C=O) groups is 3. The molecule has 5 N–H and O–H groups in total. The van der Waals surface area contributed by atoms with Crippen molar-refractivity contribution in [2.75, 3.05) is 18.7 Å². The average molecular weight is 438 g/mol. The molecule has 0 aromatic heterocycles. The number of para-hydroxylation sites is 1. The Kier molecular flexibility index (Phi) is 7.45. The highest BCUT2D eigenvalue weighted by molar-refractivity contribution is 6.01. The van der Waals surface area contributed by atoms with Crippen molar-refractivity contribution in [1.29, 1.82) is 0 Å². The molecule has 1 aliphatic rings. The van der Waals surface area contributed by atoms with Gasteiger partial charge in [-0.05, 0) is 30.7 Å². The number of ether oxygens (including phenoxy) is 1. The first-order valence-corrected chi connectivity index (χ1v) is 10.2. The van der Waals surface area contributed by atoms with Crippen molar-refractivity contribution in [3.8, 4) is 5.75 Å². The van der Waals surface area contributed by atoms with Gasteiger partial charge in [-0.25, -0.2) is 5.84 Å². The predicted molar refractivity (Wildman–Crippen MR) is 120 cm³/mol. The lowest BCUT2D eigenvalue weighted by Crippen LogP contribution is -2.46. The Morgan fingerprint density at radius 3 is 2.69 bits per heavy atom. The van der Waals surface area contributed by atoms with Gasteiger partial charge in [-0.15, -0.1) is 0 Å². The number of likely N-dealkylation sites (N-methyl/N-ethyl adjacent to an activating group) is 1. The van der Waals surface area contributed by atoms with E-state index in [0.29, 0.717) is 22.6 Å². The Morgan fingerprint density at radius 1 is 1.25 bits per heavy atom. The van der Waals surface area contributed by atoms with Crippen molar-refractivity contribution in [2.24, 2.45) is 11.6 Å². The standard InChI is InChI=1S/C23H27N5O4/c1-26-22(30)20(10-6-12-29)27-14-19-18(23(27)31)9-5-11-21(19)32-15-16(24)13-28(25)17-7-3-2-4-8-17/h2-5,7-9,11-13,20H,6,10,14-15,24-25H2,1H3,(H,26,30)/b16-13-. The summed E-state index contributed by atoms with van der Waals surface area (Å²) in [6, 6.07) is 13.8. The molecular weight excluding hydrogens is 410 g/mol. The molecular formula is C23H27N5O4. The molecule has 9 heteroatoms. The zero-order chi connectivity index (χ0) is 23.1. The number of nitrogens with one attached hydrogen (secondary N) is 1. The van der Waals surface area contributed by atoms with Crippen LogP contribution in [-0.4, -0.2) is 42.7 Å². The van der Waals surface area contributed by atoms with Crippen LogP contribution < -0.4 is 26.6 Å². The van der Waals surface area contributed by atoms with E-state index in [-0.39, 0.29) is 37.8 Å². The lowest BCUT2D eigenvalue weighted by atomic mass is 10.1. The smallest absolute Gasteiger partial charge is 0.255 e. The minimum atomic E-state index is -0.736. The molecule has 0 spiro atoms. The molecule has 1 heterocycles. The second-order valence-corrected chi connectivity index (χ2v) is 7.32. The fourth-order valence-corrected chi connectivity index (χ4v) is 3.59. The van der Waals surface area contributed by atoms with E-state index in [2.05, 4.69) is 5.32 Å². The molecule has 3 rings (SSSR count). The quantitative estimate of drug-likeness (QED) is 0.290. The number of carbonyl (C=O) groups excluding carboxylic acids is 3. The second-order valence-electron chi connectivity index (χ2n) is 7.32. The maximum absolute atomic E-state index is 13.0. The third-order valence-electron chi connectivity index (χ3n) is 5.19. The van der Waals surface area contributed by atoms with Crippen molar-refractivity contribution in [1.82, 2.24) is 10.2 Å². The minimum Gasteiger partial charge on any atom is -0.487 e. The lowest BCUT2D eigenvalue weighted by molar-refractivity contribution is -0.125. The maximum atomic E-state index is 13.0. The van der Waals surface area contributed by atoms with E-state index in [0.717, 1.165) is 12.0 Å². The topological polar surface area (TPSA) is 131 Å². The monoisotopic (exact) mass is 437 g/mol. The van der Waals surface area contributed by atoms with E-state index in [9.17, 15) is 14.4 Å². The Bertz CT molecular complexity index is 1010. The molecule has 2 aromatic carbocycles. The summed E-state index contributed by atoms with van der Waals surface area (Å²) < 4.78 is 5.88. The highest BCUT2D eigenvalue weighted by Gasteiger charge is 2.37. The van der Waals surface area contributed by atoms with Crippen molar-refractivity contribution >= 4 is 23.8 Å². The molecule has 0 bridgehead atoms. The van der Waals surface area contributed by atoms with Crippen molar-refractivity contribution in [2.45, 2.75) is 25.4 Å².